The second kappa shape index (κ2) is 8.55. The zero-order valence-corrected chi connectivity index (χ0v) is 17.4. The van der Waals surface area contributed by atoms with Crippen LogP contribution in [0.4, 0.5) is 0 Å². The SMILES string of the molecule is COc1ccc(CN2CCN(C)[C@]3(CCNC(=O)CC3)C2)cc1Cn1cccn1. The molecule has 1 atom stereocenters. The van der Waals surface area contributed by atoms with Crippen LogP contribution >= 0.6 is 0 Å². The van der Waals surface area contributed by atoms with Gasteiger partial charge in [0, 0.05) is 62.6 Å². The fourth-order valence-corrected chi connectivity index (χ4v) is 4.69. The molecule has 1 aromatic carbocycles. The van der Waals surface area contributed by atoms with Gasteiger partial charge in [0.25, 0.3) is 0 Å². The van der Waals surface area contributed by atoms with Crippen LogP contribution in [0.25, 0.3) is 0 Å². The topological polar surface area (TPSA) is 62.6 Å². The quantitative estimate of drug-likeness (QED) is 0.833. The number of aromatic nitrogens is 2. The van der Waals surface area contributed by atoms with Gasteiger partial charge in [-0.15, -0.1) is 0 Å². The number of nitrogens with zero attached hydrogens (tertiary/aromatic N) is 4. The Morgan fingerprint density at radius 2 is 2.14 bits per heavy atom. The summed E-state index contributed by atoms with van der Waals surface area (Å²) in [7, 11) is 3.93. The zero-order chi connectivity index (χ0) is 20.3. The van der Waals surface area contributed by atoms with Crippen LogP contribution in [0.2, 0.25) is 0 Å². The lowest BCUT2D eigenvalue weighted by atomic mass is 9.86. The first kappa shape index (κ1) is 19.9. The van der Waals surface area contributed by atoms with Crippen molar-refractivity contribution in [3.8, 4) is 5.75 Å². The van der Waals surface area contributed by atoms with Crippen molar-refractivity contribution in [2.24, 2.45) is 0 Å². The standard InChI is InChI=1S/C22H31N5O2/c1-25-12-13-26(17-22(25)7-6-21(28)23-10-8-22)15-18-4-5-20(29-2)19(14-18)16-27-11-3-9-24-27/h3-5,9,11,14H,6-8,10,12-13,15-17H2,1-2H3,(H,23,28)/t22-/m1/s1. The molecule has 1 N–H and O–H groups in total. The molecule has 2 aliphatic rings. The number of amides is 1. The Morgan fingerprint density at radius 3 is 2.93 bits per heavy atom. The van der Waals surface area contributed by atoms with Gasteiger partial charge in [0.1, 0.15) is 5.75 Å². The maximum absolute atomic E-state index is 11.9. The van der Waals surface area contributed by atoms with E-state index in [0.717, 1.165) is 56.9 Å². The molecule has 0 unspecified atom stereocenters. The van der Waals surface area contributed by atoms with Crippen molar-refractivity contribution in [2.75, 3.05) is 40.3 Å². The number of piperazine rings is 1. The highest BCUT2D eigenvalue weighted by atomic mass is 16.5. The summed E-state index contributed by atoms with van der Waals surface area (Å²) in [5.74, 6) is 1.08. The minimum absolute atomic E-state index is 0.0851. The summed E-state index contributed by atoms with van der Waals surface area (Å²) in [6.07, 6.45) is 6.33. The van der Waals surface area contributed by atoms with Crippen LogP contribution in [0.1, 0.15) is 30.4 Å². The third kappa shape index (κ3) is 4.46. The molecule has 1 aromatic heterocycles. The third-order valence-electron chi connectivity index (χ3n) is 6.45. The number of carbonyl (C=O) groups excluding carboxylic acids is 1. The minimum Gasteiger partial charge on any atom is -0.496 e. The van der Waals surface area contributed by atoms with Gasteiger partial charge in [-0.05, 0) is 43.7 Å². The van der Waals surface area contributed by atoms with Crippen LogP contribution < -0.4 is 10.1 Å². The lowest BCUT2D eigenvalue weighted by Crippen LogP contribution is -2.60. The molecule has 156 valence electrons. The van der Waals surface area contributed by atoms with Crippen LogP contribution in [-0.4, -0.2) is 71.4 Å². The number of methoxy groups -OCH3 is 1. The molecule has 1 spiro atoms. The van der Waals surface area contributed by atoms with E-state index in [-0.39, 0.29) is 11.4 Å². The van der Waals surface area contributed by atoms with E-state index in [1.165, 1.54) is 5.56 Å². The molecule has 7 heteroatoms. The molecule has 0 saturated carbocycles. The number of carbonyl (C=O) groups is 1. The van der Waals surface area contributed by atoms with E-state index >= 15 is 0 Å². The third-order valence-corrected chi connectivity index (χ3v) is 6.45. The summed E-state index contributed by atoms with van der Waals surface area (Å²) in [6, 6.07) is 8.40. The molecule has 4 rings (SSSR count). The van der Waals surface area contributed by atoms with E-state index in [4.69, 9.17) is 4.74 Å². The predicted octanol–water partition coefficient (Wildman–Crippen LogP) is 1.73. The number of rotatable bonds is 5. The smallest absolute Gasteiger partial charge is 0.220 e. The molecule has 29 heavy (non-hydrogen) atoms. The molecule has 2 aromatic rings. The summed E-state index contributed by atoms with van der Waals surface area (Å²) in [5, 5.41) is 7.36. The molecule has 3 heterocycles. The van der Waals surface area contributed by atoms with Crippen molar-refractivity contribution in [1.82, 2.24) is 24.9 Å². The van der Waals surface area contributed by atoms with Gasteiger partial charge in [-0.2, -0.15) is 5.10 Å². The summed E-state index contributed by atoms with van der Waals surface area (Å²) in [5.41, 5.74) is 2.51. The monoisotopic (exact) mass is 397 g/mol. The molecule has 0 radical (unpaired) electrons. The van der Waals surface area contributed by atoms with Gasteiger partial charge >= 0.3 is 0 Å². The van der Waals surface area contributed by atoms with Crippen molar-refractivity contribution in [3.05, 3.63) is 47.8 Å². The summed E-state index contributed by atoms with van der Waals surface area (Å²) in [4.78, 5) is 16.9. The van der Waals surface area contributed by atoms with Gasteiger partial charge in [0.05, 0.1) is 13.7 Å². The Balaban J connectivity index is 1.49. The van der Waals surface area contributed by atoms with Crippen LogP contribution in [0.3, 0.4) is 0 Å². The zero-order valence-electron chi connectivity index (χ0n) is 17.4. The Kier molecular flexibility index (Phi) is 5.87. The summed E-state index contributed by atoms with van der Waals surface area (Å²) < 4.78 is 7.49. The average Bonchev–Trinajstić information content (AvgIpc) is 3.15. The lowest BCUT2D eigenvalue weighted by Gasteiger charge is -2.49. The highest BCUT2D eigenvalue weighted by molar-refractivity contribution is 5.76. The first-order valence-corrected chi connectivity index (χ1v) is 10.4. The molecule has 2 saturated heterocycles. The number of hydrogen-bond donors (Lipinski definition) is 1. The van der Waals surface area contributed by atoms with Gasteiger partial charge in [0.2, 0.25) is 5.91 Å². The maximum Gasteiger partial charge on any atom is 0.220 e. The van der Waals surface area contributed by atoms with Crippen molar-refractivity contribution in [3.63, 3.8) is 0 Å². The molecule has 2 aliphatic heterocycles. The molecular weight excluding hydrogens is 366 g/mol. The largest absolute Gasteiger partial charge is 0.496 e. The summed E-state index contributed by atoms with van der Waals surface area (Å²) in [6.45, 7) is 5.45. The number of benzene rings is 1. The highest BCUT2D eigenvalue weighted by Crippen LogP contribution is 2.31. The van der Waals surface area contributed by atoms with Crippen LogP contribution in [0.15, 0.2) is 36.7 Å². The fraction of sp³-hybridized carbons (Fsp3) is 0.545. The number of ether oxygens (including phenoxy) is 1. The van der Waals surface area contributed by atoms with Gasteiger partial charge in [-0.25, -0.2) is 0 Å². The van der Waals surface area contributed by atoms with E-state index in [9.17, 15) is 4.79 Å². The molecule has 0 aliphatic carbocycles. The number of likely N-dealkylation sites (N-methyl/N-ethyl adjacent to an activating group) is 1. The van der Waals surface area contributed by atoms with Crippen LogP contribution in [0, 0.1) is 0 Å². The van der Waals surface area contributed by atoms with Crippen LogP contribution in [-0.2, 0) is 17.9 Å². The van der Waals surface area contributed by atoms with Crippen LogP contribution in [0.5, 0.6) is 5.75 Å². The first-order chi connectivity index (χ1) is 14.1. The average molecular weight is 398 g/mol. The Bertz CT molecular complexity index is 838. The Labute approximate surface area is 172 Å². The normalized spacial score (nSPS) is 23.7. The minimum atomic E-state index is 0.0851. The van der Waals surface area contributed by atoms with E-state index < -0.39 is 0 Å². The second-order valence-electron chi connectivity index (χ2n) is 8.31. The van der Waals surface area contributed by atoms with Gasteiger partial charge in [-0.1, -0.05) is 6.07 Å². The molecule has 1 amide bonds. The first-order valence-electron chi connectivity index (χ1n) is 10.4. The number of hydrogen-bond acceptors (Lipinski definition) is 5. The molecule has 2 fully saturated rings. The van der Waals surface area contributed by atoms with E-state index in [1.807, 2.05) is 16.9 Å². The molecule has 7 nitrogen and oxygen atoms in total. The van der Waals surface area contributed by atoms with Gasteiger partial charge < -0.3 is 10.1 Å². The van der Waals surface area contributed by atoms with Crippen molar-refractivity contribution in [2.45, 2.75) is 37.9 Å². The van der Waals surface area contributed by atoms with E-state index in [1.54, 1.807) is 13.3 Å². The van der Waals surface area contributed by atoms with Crippen molar-refractivity contribution >= 4 is 5.91 Å². The molecule has 0 bridgehead atoms. The Hall–Kier alpha value is -2.38. The Morgan fingerprint density at radius 1 is 1.24 bits per heavy atom. The molecular formula is C22H31N5O2. The lowest BCUT2D eigenvalue weighted by molar-refractivity contribution is -0.121. The van der Waals surface area contributed by atoms with Gasteiger partial charge in [0.15, 0.2) is 0 Å². The maximum atomic E-state index is 11.9. The predicted molar refractivity (Wildman–Crippen MR) is 112 cm³/mol. The van der Waals surface area contributed by atoms with Gasteiger partial charge in [-0.3, -0.25) is 19.3 Å². The highest BCUT2D eigenvalue weighted by Gasteiger charge is 2.40. The second-order valence-corrected chi connectivity index (χ2v) is 8.31. The van der Waals surface area contributed by atoms with E-state index in [2.05, 4.69) is 45.5 Å². The van der Waals surface area contributed by atoms with E-state index in [0.29, 0.717) is 13.0 Å². The fourth-order valence-electron chi connectivity index (χ4n) is 4.69. The van der Waals surface area contributed by atoms with Crippen molar-refractivity contribution < 1.29 is 9.53 Å². The van der Waals surface area contributed by atoms with Crippen molar-refractivity contribution in [1.29, 1.82) is 0 Å². The summed E-state index contributed by atoms with van der Waals surface area (Å²) >= 11 is 0. The number of nitrogens with one attached hydrogen (secondary N) is 1.